The minimum atomic E-state index is -0.210. The van der Waals surface area contributed by atoms with Crippen LogP contribution < -0.4 is 10.2 Å². The van der Waals surface area contributed by atoms with Gasteiger partial charge in [0, 0.05) is 23.0 Å². The van der Waals surface area contributed by atoms with Gasteiger partial charge in [0.05, 0.1) is 18.3 Å². The molecule has 0 bridgehead atoms. The molecule has 156 valence electrons. The molecule has 4 aromatic rings. The summed E-state index contributed by atoms with van der Waals surface area (Å²) >= 11 is 6.07. The van der Waals surface area contributed by atoms with E-state index in [1.807, 2.05) is 51.1 Å². The summed E-state index contributed by atoms with van der Waals surface area (Å²) < 4.78 is 6.93. The zero-order chi connectivity index (χ0) is 22.1. The number of halogens is 1. The number of nitrogens with zero attached hydrogens (tertiary/aromatic N) is 4. The minimum absolute atomic E-state index is 0.210. The van der Waals surface area contributed by atoms with Crippen molar-refractivity contribution in [3.8, 4) is 11.6 Å². The Hall–Kier alpha value is -3.51. The maximum absolute atomic E-state index is 13.3. The number of aromatic nitrogens is 4. The molecule has 0 radical (unpaired) electrons. The third-order valence-corrected chi connectivity index (χ3v) is 5.35. The highest BCUT2D eigenvalue weighted by atomic mass is 35.5. The number of allylic oxidation sites excluding steroid dienone is 1. The van der Waals surface area contributed by atoms with Crippen molar-refractivity contribution in [2.45, 2.75) is 20.8 Å². The van der Waals surface area contributed by atoms with Crippen LogP contribution in [0.2, 0.25) is 5.02 Å². The van der Waals surface area contributed by atoms with Crippen molar-refractivity contribution in [2.24, 2.45) is 0 Å². The molecule has 0 amide bonds. The molecule has 1 aromatic carbocycles. The first-order valence-corrected chi connectivity index (χ1v) is 10.1. The summed E-state index contributed by atoms with van der Waals surface area (Å²) in [5.74, 6) is 0.499. The van der Waals surface area contributed by atoms with E-state index in [9.17, 15) is 4.79 Å². The molecule has 7 heteroatoms. The molecular weight excluding hydrogens is 412 g/mol. The highest BCUT2D eigenvalue weighted by Gasteiger charge is 2.16. The van der Waals surface area contributed by atoms with Crippen molar-refractivity contribution in [3.05, 3.63) is 86.4 Å². The maximum Gasteiger partial charge on any atom is 0.233 e. The number of pyridine rings is 2. The summed E-state index contributed by atoms with van der Waals surface area (Å²) in [4.78, 5) is 22.1. The largest absolute Gasteiger partial charge is 0.481 e. The lowest BCUT2D eigenvalue weighted by atomic mass is 10.1. The summed E-state index contributed by atoms with van der Waals surface area (Å²) in [5.41, 5.74) is 5.30. The summed E-state index contributed by atoms with van der Waals surface area (Å²) in [6.45, 7) is 5.72. The standard InChI is InChI=1S/C24H21ClN4O2/c1-14-12-20-23(27-16(14)3)24(30)22(28-29(20)19-7-5-18(25)6-8-19)15(2)11-17-9-10-26-21(13-17)31-4/h5-13H,1-4H3/b15-11+. The number of benzene rings is 1. The van der Waals surface area contributed by atoms with Gasteiger partial charge in [-0.1, -0.05) is 11.6 Å². The second-order valence-electron chi connectivity index (χ2n) is 7.28. The molecule has 0 fully saturated rings. The molecule has 4 rings (SSSR count). The van der Waals surface area contributed by atoms with Crippen molar-refractivity contribution >= 4 is 34.3 Å². The van der Waals surface area contributed by atoms with E-state index in [4.69, 9.17) is 21.4 Å². The Morgan fingerprint density at radius 2 is 1.87 bits per heavy atom. The molecule has 0 saturated carbocycles. The van der Waals surface area contributed by atoms with E-state index in [1.54, 1.807) is 36.2 Å². The van der Waals surface area contributed by atoms with Crippen LogP contribution >= 0.6 is 11.6 Å². The average Bonchev–Trinajstić information content (AvgIpc) is 2.76. The summed E-state index contributed by atoms with van der Waals surface area (Å²) in [6.07, 6.45) is 3.54. The van der Waals surface area contributed by atoms with Gasteiger partial charge < -0.3 is 4.74 Å². The first-order chi connectivity index (χ1) is 14.9. The molecule has 0 saturated heterocycles. The maximum atomic E-state index is 13.3. The molecule has 0 unspecified atom stereocenters. The van der Waals surface area contributed by atoms with E-state index < -0.39 is 0 Å². The van der Waals surface area contributed by atoms with Crippen molar-refractivity contribution < 1.29 is 4.74 Å². The highest BCUT2D eigenvalue weighted by Crippen LogP contribution is 2.22. The van der Waals surface area contributed by atoms with E-state index in [1.165, 1.54) is 0 Å². The fourth-order valence-corrected chi connectivity index (χ4v) is 3.44. The Morgan fingerprint density at radius 1 is 1.13 bits per heavy atom. The zero-order valence-electron chi connectivity index (χ0n) is 17.7. The van der Waals surface area contributed by atoms with Crippen molar-refractivity contribution in [3.63, 3.8) is 0 Å². The van der Waals surface area contributed by atoms with Gasteiger partial charge in [-0.2, -0.15) is 5.10 Å². The molecule has 0 aliphatic carbocycles. The lowest BCUT2D eigenvalue weighted by Crippen LogP contribution is -2.19. The fourth-order valence-electron chi connectivity index (χ4n) is 3.31. The molecule has 3 heterocycles. The van der Waals surface area contributed by atoms with Gasteiger partial charge in [-0.25, -0.2) is 14.6 Å². The molecule has 0 atom stereocenters. The molecule has 0 N–H and O–H groups in total. The summed E-state index contributed by atoms with van der Waals surface area (Å²) in [7, 11) is 1.56. The molecule has 31 heavy (non-hydrogen) atoms. The third-order valence-electron chi connectivity index (χ3n) is 5.10. The monoisotopic (exact) mass is 432 g/mol. The SMILES string of the molecule is COc1cc(/C=C(\C)c2nn(-c3ccc(Cl)cc3)c3cc(C)c(C)nc3c2=O)ccn1. The Balaban J connectivity index is 1.98. The number of hydrogen-bond donors (Lipinski definition) is 0. The van der Waals surface area contributed by atoms with Crippen LogP contribution in [-0.2, 0) is 0 Å². The van der Waals surface area contributed by atoms with Gasteiger partial charge in [-0.05, 0) is 79.9 Å². The number of methoxy groups -OCH3 is 1. The second-order valence-corrected chi connectivity index (χ2v) is 7.72. The Morgan fingerprint density at radius 3 is 2.58 bits per heavy atom. The van der Waals surface area contributed by atoms with Crippen LogP contribution in [0, 0.1) is 13.8 Å². The Labute approximate surface area is 184 Å². The number of hydrogen-bond acceptors (Lipinski definition) is 5. The van der Waals surface area contributed by atoms with Gasteiger partial charge >= 0.3 is 0 Å². The molecule has 0 spiro atoms. The Bertz CT molecular complexity index is 1380. The predicted molar refractivity (Wildman–Crippen MR) is 124 cm³/mol. The van der Waals surface area contributed by atoms with Gasteiger partial charge in [-0.3, -0.25) is 4.79 Å². The number of fused-ring (bicyclic) bond motifs is 1. The topological polar surface area (TPSA) is 69.9 Å². The predicted octanol–water partition coefficient (Wildman–Crippen LogP) is 5.02. The fraction of sp³-hybridized carbons (Fsp3) is 0.167. The molecular formula is C24H21ClN4O2. The number of aryl methyl sites for hydroxylation is 2. The van der Waals surface area contributed by atoms with Crippen molar-refractivity contribution in [1.82, 2.24) is 19.7 Å². The van der Waals surface area contributed by atoms with E-state index in [0.717, 1.165) is 22.5 Å². The lowest BCUT2D eigenvalue weighted by molar-refractivity contribution is 0.398. The van der Waals surface area contributed by atoms with Gasteiger partial charge in [0.1, 0.15) is 11.2 Å². The van der Waals surface area contributed by atoms with Crippen molar-refractivity contribution in [2.75, 3.05) is 7.11 Å². The summed E-state index contributed by atoms with van der Waals surface area (Å²) in [6, 6.07) is 12.9. The van der Waals surface area contributed by atoms with Crippen LogP contribution in [0.25, 0.3) is 28.4 Å². The van der Waals surface area contributed by atoms with Gasteiger partial charge in [0.25, 0.3) is 0 Å². The normalized spacial score (nSPS) is 11.7. The summed E-state index contributed by atoms with van der Waals surface area (Å²) in [5, 5.41) is 5.34. The van der Waals surface area contributed by atoms with Crippen LogP contribution in [0.5, 0.6) is 5.88 Å². The second kappa shape index (κ2) is 8.32. The Kier molecular flexibility index (Phi) is 5.57. The first kappa shape index (κ1) is 20.8. The van der Waals surface area contributed by atoms with Gasteiger partial charge in [-0.15, -0.1) is 0 Å². The van der Waals surface area contributed by atoms with Crippen LogP contribution in [-0.4, -0.2) is 26.9 Å². The first-order valence-electron chi connectivity index (χ1n) is 9.73. The average molecular weight is 433 g/mol. The van der Waals surface area contributed by atoms with Gasteiger partial charge in [0.2, 0.25) is 11.3 Å². The van der Waals surface area contributed by atoms with Crippen LogP contribution in [0.3, 0.4) is 0 Å². The van der Waals surface area contributed by atoms with Gasteiger partial charge in [0.15, 0.2) is 0 Å². The minimum Gasteiger partial charge on any atom is -0.481 e. The van der Waals surface area contributed by atoms with E-state index in [2.05, 4.69) is 9.97 Å². The number of rotatable bonds is 4. The molecule has 3 aromatic heterocycles. The van der Waals surface area contributed by atoms with Crippen molar-refractivity contribution in [1.29, 1.82) is 0 Å². The van der Waals surface area contributed by atoms with E-state index in [0.29, 0.717) is 33.2 Å². The van der Waals surface area contributed by atoms with Crippen LogP contribution in [0.1, 0.15) is 29.4 Å². The van der Waals surface area contributed by atoms with E-state index in [-0.39, 0.29) is 5.43 Å². The van der Waals surface area contributed by atoms with Crippen LogP contribution in [0.15, 0.2) is 53.5 Å². The lowest BCUT2D eigenvalue weighted by Gasteiger charge is -2.14. The van der Waals surface area contributed by atoms with E-state index >= 15 is 0 Å². The third kappa shape index (κ3) is 4.07. The van der Waals surface area contributed by atoms with Crippen LogP contribution in [0.4, 0.5) is 0 Å². The molecule has 0 aliphatic rings. The quantitative estimate of drug-likeness (QED) is 0.453. The molecule has 0 aliphatic heterocycles. The highest BCUT2D eigenvalue weighted by molar-refractivity contribution is 6.30. The number of ether oxygens (including phenoxy) is 1. The smallest absolute Gasteiger partial charge is 0.233 e. The molecule has 6 nitrogen and oxygen atoms in total. The zero-order valence-corrected chi connectivity index (χ0v) is 18.4.